The Kier molecular flexibility index (Phi) is 6.98. The van der Waals surface area contributed by atoms with Crippen LogP contribution in [-0.4, -0.2) is 12.6 Å². The monoisotopic (exact) mass is 301 g/mol. The third kappa shape index (κ3) is 6.03. The smallest absolute Gasteiger partial charge is 0.00736 e. The van der Waals surface area contributed by atoms with Gasteiger partial charge in [-0.05, 0) is 62.6 Å². The van der Waals surface area contributed by atoms with Crippen LogP contribution < -0.4 is 5.32 Å². The lowest BCUT2D eigenvalue weighted by atomic mass is 10.0. The van der Waals surface area contributed by atoms with E-state index in [4.69, 9.17) is 0 Å². The highest BCUT2D eigenvalue weighted by molar-refractivity contribution is 7.09. The van der Waals surface area contributed by atoms with Crippen LogP contribution >= 0.6 is 11.3 Å². The van der Waals surface area contributed by atoms with Gasteiger partial charge in [0.2, 0.25) is 0 Å². The summed E-state index contributed by atoms with van der Waals surface area (Å²) in [6, 6.07) is 14.0. The van der Waals surface area contributed by atoms with Crippen molar-refractivity contribution >= 4 is 11.3 Å². The van der Waals surface area contributed by atoms with Crippen LogP contribution in [0, 0.1) is 6.92 Å². The molecule has 0 amide bonds. The fraction of sp³-hybridized carbons (Fsp3) is 0.474. The molecule has 1 aromatic heterocycles. The molecule has 0 aliphatic carbocycles. The van der Waals surface area contributed by atoms with E-state index < -0.39 is 0 Å². The van der Waals surface area contributed by atoms with Gasteiger partial charge in [0.25, 0.3) is 0 Å². The molecular weight excluding hydrogens is 274 g/mol. The fourth-order valence-corrected chi connectivity index (χ4v) is 3.29. The molecule has 1 unspecified atom stereocenters. The van der Waals surface area contributed by atoms with Gasteiger partial charge in [-0.3, -0.25) is 0 Å². The summed E-state index contributed by atoms with van der Waals surface area (Å²) in [5.41, 5.74) is 2.80. The topological polar surface area (TPSA) is 12.0 Å². The maximum absolute atomic E-state index is 3.72. The van der Waals surface area contributed by atoms with E-state index in [0.717, 1.165) is 6.54 Å². The molecule has 1 heterocycles. The number of hydrogen-bond acceptors (Lipinski definition) is 2. The summed E-state index contributed by atoms with van der Waals surface area (Å²) in [5, 5.41) is 5.89. The summed E-state index contributed by atoms with van der Waals surface area (Å²) in [5.74, 6) is 0. The highest BCUT2D eigenvalue weighted by atomic mass is 32.1. The van der Waals surface area contributed by atoms with Crippen LogP contribution in [0.15, 0.2) is 41.8 Å². The van der Waals surface area contributed by atoms with Gasteiger partial charge in [-0.1, -0.05) is 42.8 Å². The zero-order valence-electron chi connectivity index (χ0n) is 13.3. The van der Waals surface area contributed by atoms with Gasteiger partial charge in [-0.2, -0.15) is 0 Å². The molecule has 21 heavy (non-hydrogen) atoms. The van der Waals surface area contributed by atoms with Crippen molar-refractivity contribution in [2.45, 2.75) is 52.0 Å². The number of nitrogens with one attached hydrogen (secondary N) is 1. The van der Waals surface area contributed by atoms with Crippen LogP contribution in [0.2, 0.25) is 0 Å². The van der Waals surface area contributed by atoms with Crippen LogP contribution in [0.4, 0.5) is 0 Å². The molecule has 0 spiro atoms. The third-order valence-electron chi connectivity index (χ3n) is 3.90. The van der Waals surface area contributed by atoms with Gasteiger partial charge < -0.3 is 5.32 Å². The van der Waals surface area contributed by atoms with Crippen LogP contribution in [0.1, 0.15) is 42.2 Å². The average molecular weight is 301 g/mol. The zero-order valence-corrected chi connectivity index (χ0v) is 14.1. The van der Waals surface area contributed by atoms with E-state index in [1.54, 1.807) is 0 Å². The molecule has 1 nitrogen and oxygen atoms in total. The summed E-state index contributed by atoms with van der Waals surface area (Å²) in [6.07, 6.45) is 6.06. The van der Waals surface area contributed by atoms with Crippen LogP contribution in [-0.2, 0) is 12.8 Å². The number of rotatable bonds is 9. The first-order chi connectivity index (χ1) is 10.3. The van der Waals surface area contributed by atoms with Crippen LogP contribution in [0.25, 0.3) is 0 Å². The first-order valence-corrected chi connectivity index (χ1v) is 8.97. The highest BCUT2D eigenvalue weighted by Crippen LogP contribution is 2.15. The van der Waals surface area contributed by atoms with Gasteiger partial charge in [-0.25, -0.2) is 0 Å². The van der Waals surface area contributed by atoms with Crippen molar-refractivity contribution in [1.82, 2.24) is 5.32 Å². The molecule has 1 aromatic carbocycles. The molecule has 0 aliphatic heterocycles. The minimum Gasteiger partial charge on any atom is -0.314 e. The molecule has 0 saturated heterocycles. The maximum Gasteiger partial charge on any atom is 0.00736 e. The van der Waals surface area contributed by atoms with Crippen molar-refractivity contribution in [3.63, 3.8) is 0 Å². The SMILES string of the molecule is CCCNC(CCc1ccc(C)cc1)CCc1cccs1. The third-order valence-corrected chi connectivity index (χ3v) is 4.84. The predicted molar refractivity (Wildman–Crippen MR) is 94.2 cm³/mol. The Hall–Kier alpha value is -1.12. The Morgan fingerprint density at radius 2 is 1.81 bits per heavy atom. The number of benzene rings is 1. The fourth-order valence-electron chi connectivity index (χ4n) is 2.56. The van der Waals surface area contributed by atoms with Crippen molar-refractivity contribution in [2.24, 2.45) is 0 Å². The minimum absolute atomic E-state index is 0.633. The first-order valence-electron chi connectivity index (χ1n) is 8.09. The van der Waals surface area contributed by atoms with Gasteiger partial charge in [0, 0.05) is 10.9 Å². The summed E-state index contributed by atoms with van der Waals surface area (Å²) < 4.78 is 0. The summed E-state index contributed by atoms with van der Waals surface area (Å²) >= 11 is 1.88. The lowest BCUT2D eigenvalue weighted by molar-refractivity contribution is 0.454. The average Bonchev–Trinajstić information content (AvgIpc) is 3.01. The molecule has 0 saturated carbocycles. The Labute approximate surface area is 133 Å². The molecule has 0 bridgehead atoms. The Balaban J connectivity index is 1.81. The van der Waals surface area contributed by atoms with Crippen molar-refractivity contribution in [1.29, 1.82) is 0 Å². The summed E-state index contributed by atoms with van der Waals surface area (Å²) in [7, 11) is 0. The largest absolute Gasteiger partial charge is 0.314 e. The quantitative estimate of drug-likeness (QED) is 0.688. The normalized spacial score (nSPS) is 12.5. The lowest BCUT2D eigenvalue weighted by Gasteiger charge is -2.18. The molecule has 0 fully saturated rings. The summed E-state index contributed by atoms with van der Waals surface area (Å²) in [4.78, 5) is 1.51. The number of thiophene rings is 1. The predicted octanol–water partition coefficient (Wildman–Crippen LogP) is 4.99. The molecule has 2 heteroatoms. The first kappa shape index (κ1) is 16.3. The molecule has 0 aliphatic rings. The van der Waals surface area contributed by atoms with E-state index in [-0.39, 0.29) is 0 Å². The standard InChI is InChI=1S/C19H27NS/c1-3-14-20-18(12-13-19-5-4-15-21-19)11-10-17-8-6-16(2)7-9-17/h4-9,15,18,20H,3,10-14H2,1-2H3. The van der Waals surface area contributed by atoms with Crippen LogP contribution in [0.5, 0.6) is 0 Å². The summed E-state index contributed by atoms with van der Waals surface area (Å²) in [6.45, 7) is 5.52. The lowest BCUT2D eigenvalue weighted by Crippen LogP contribution is -2.30. The molecular formula is C19H27NS. The van der Waals surface area contributed by atoms with Gasteiger partial charge in [0.1, 0.15) is 0 Å². The molecule has 114 valence electrons. The van der Waals surface area contributed by atoms with Gasteiger partial charge in [-0.15, -0.1) is 11.3 Å². The van der Waals surface area contributed by atoms with E-state index >= 15 is 0 Å². The number of hydrogen-bond donors (Lipinski definition) is 1. The van der Waals surface area contributed by atoms with Crippen molar-refractivity contribution in [3.8, 4) is 0 Å². The van der Waals surface area contributed by atoms with Crippen LogP contribution in [0.3, 0.4) is 0 Å². The Morgan fingerprint density at radius 1 is 1.05 bits per heavy atom. The minimum atomic E-state index is 0.633. The van der Waals surface area contributed by atoms with E-state index in [2.05, 4.69) is 60.9 Å². The number of aryl methyl sites for hydroxylation is 3. The second-order valence-corrected chi connectivity index (χ2v) is 6.83. The Bertz CT molecular complexity index is 487. The molecule has 2 aromatic rings. The molecule has 2 rings (SSSR count). The maximum atomic E-state index is 3.72. The molecule has 1 N–H and O–H groups in total. The highest BCUT2D eigenvalue weighted by Gasteiger charge is 2.09. The van der Waals surface area contributed by atoms with E-state index in [1.165, 1.54) is 48.1 Å². The van der Waals surface area contributed by atoms with Crippen molar-refractivity contribution < 1.29 is 0 Å². The van der Waals surface area contributed by atoms with Gasteiger partial charge >= 0.3 is 0 Å². The van der Waals surface area contributed by atoms with E-state index in [0.29, 0.717) is 6.04 Å². The Morgan fingerprint density at radius 3 is 2.48 bits per heavy atom. The van der Waals surface area contributed by atoms with Crippen molar-refractivity contribution in [3.05, 3.63) is 57.8 Å². The molecule has 0 radical (unpaired) electrons. The van der Waals surface area contributed by atoms with Gasteiger partial charge in [0.05, 0.1) is 0 Å². The second-order valence-electron chi connectivity index (χ2n) is 5.79. The van der Waals surface area contributed by atoms with E-state index in [1.807, 2.05) is 11.3 Å². The van der Waals surface area contributed by atoms with Crippen molar-refractivity contribution in [2.75, 3.05) is 6.54 Å². The van der Waals surface area contributed by atoms with Gasteiger partial charge in [0.15, 0.2) is 0 Å². The second kappa shape index (κ2) is 9.01. The molecule has 1 atom stereocenters. The van der Waals surface area contributed by atoms with E-state index in [9.17, 15) is 0 Å². The zero-order chi connectivity index (χ0) is 14.9.